The SMILES string of the molecule is C=CC1(C(C)(C)OC(C)=O)CCOC(C)(C)O1. The van der Waals surface area contributed by atoms with Crippen LogP contribution in [0.3, 0.4) is 0 Å². The fourth-order valence-corrected chi connectivity index (χ4v) is 2.23. The Kier molecular flexibility index (Phi) is 3.69. The third kappa shape index (κ3) is 2.87. The minimum absolute atomic E-state index is 0.330. The average molecular weight is 242 g/mol. The summed E-state index contributed by atoms with van der Waals surface area (Å²) in [4.78, 5) is 11.2. The lowest BCUT2D eigenvalue weighted by Crippen LogP contribution is -2.60. The maximum absolute atomic E-state index is 11.2. The Morgan fingerprint density at radius 2 is 2.06 bits per heavy atom. The minimum Gasteiger partial charge on any atom is -0.456 e. The molecule has 4 nitrogen and oxygen atoms in total. The Labute approximate surface area is 103 Å². The van der Waals surface area contributed by atoms with Crippen molar-refractivity contribution in [3.05, 3.63) is 12.7 Å². The molecule has 1 aliphatic rings. The molecule has 0 radical (unpaired) electrons. The zero-order chi connectivity index (χ0) is 13.3. The van der Waals surface area contributed by atoms with Crippen LogP contribution in [0, 0.1) is 0 Å². The van der Waals surface area contributed by atoms with Crippen molar-refractivity contribution < 1.29 is 19.0 Å². The van der Waals surface area contributed by atoms with E-state index in [2.05, 4.69) is 6.58 Å². The Balaban J connectivity index is 3.02. The molecule has 1 fully saturated rings. The van der Waals surface area contributed by atoms with E-state index < -0.39 is 17.0 Å². The lowest BCUT2D eigenvalue weighted by Gasteiger charge is -2.50. The molecule has 0 bridgehead atoms. The number of carbonyl (C=O) groups excluding carboxylic acids is 1. The second-order valence-corrected chi connectivity index (χ2v) is 5.30. The maximum atomic E-state index is 11.2. The molecule has 0 aromatic heterocycles. The third-order valence-electron chi connectivity index (χ3n) is 3.10. The fraction of sp³-hybridized carbons (Fsp3) is 0.769. The van der Waals surface area contributed by atoms with E-state index in [9.17, 15) is 4.79 Å². The van der Waals surface area contributed by atoms with Gasteiger partial charge in [0.15, 0.2) is 5.79 Å². The van der Waals surface area contributed by atoms with Crippen molar-refractivity contribution in [2.24, 2.45) is 0 Å². The van der Waals surface area contributed by atoms with Gasteiger partial charge in [0.05, 0.1) is 6.61 Å². The van der Waals surface area contributed by atoms with Gasteiger partial charge in [-0.2, -0.15) is 0 Å². The van der Waals surface area contributed by atoms with Crippen LogP contribution in [0.4, 0.5) is 0 Å². The normalized spacial score (nSPS) is 28.5. The van der Waals surface area contributed by atoms with Crippen LogP contribution in [-0.2, 0) is 19.0 Å². The van der Waals surface area contributed by atoms with Gasteiger partial charge in [0.1, 0.15) is 11.2 Å². The minimum atomic E-state index is -0.776. The van der Waals surface area contributed by atoms with Crippen molar-refractivity contribution in [3.8, 4) is 0 Å². The number of rotatable bonds is 3. The van der Waals surface area contributed by atoms with Crippen molar-refractivity contribution in [1.29, 1.82) is 0 Å². The number of esters is 1. The summed E-state index contributed by atoms with van der Waals surface area (Å²) < 4.78 is 16.8. The van der Waals surface area contributed by atoms with Crippen molar-refractivity contribution in [3.63, 3.8) is 0 Å². The quantitative estimate of drug-likeness (QED) is 0.563. The van der Waals surface area contributed by atoms with Crippen LogP contribution in [0.25, 0.3) is 0 Å². The molecule has 1 saturated heterocycles. The number of hydrogen-bond donors (Lipinski definition) is 0. The van der Waals surface area contributed by atoms with Crippen LogP contribution in [0.5, 0.6) is 0 Å². The predicted molar refractivity (Wildman–Crippen MR) is 64.5 cm³/mol. The Hall–Kier alpha value is -0.870. The molecule has 0 saturated carbocycles. The van der Waals surface area contributed by atoms with Gasteiger partial charge in [-0.15, -0.1) is 6.58 Å². The molecule has 0 aliphatic carbocycles. The largest absolute Gasteiger partial charge is 0.456 e. The highest BCUT2D eigenvalue weighted by atomic mass is 16.7. The van der Waals surface area contributed by atoms with Gasteiger partial charge in [-0.25, -0.2) is 0 Å². The first-order chi connectivity index (χ1) is 7.64. The highest BCUT2D eigenvalue weighted by Crippen LogP contribution is 2.41. The highest BCUT2D eigenvalue weighted by molar-refractivity contribution is 5.66. The molecule has 1 atom stereocenters. The van der Waals surface area contributed by atoms with Crippen LogP contribution in [0.1, 0.15) is 41.0 Å². The van der Waals surface area contributed by atoms with Crippen molar-refractivity contribution in [2.75, 3.05) is 6.61 Å². The van der Waals surface area contributed by atoms with Gasteiger partial charge in [-0.05, 0) is 27.7 Å². The first kappa shape index (κ1) is 14.2. The fourth-order valence-electron chi connectivity index (χ4n) is 2.23. The summed E-state index contributed by atoms with van der Waals surface area (Å²) in [5.74, 6) is -1.03. The summed E-state index contributed by atoms with van der Waals surface area (Å²) in [5, 5.41) is 0. The van der Waals surface area contributed by atoms with E-state index in [0.29, 0.717) is 13.0 Å². The monoisotopic (exact) mass is 242 g/mol. The summed E-state index contributed by atoms with van der Waals surface area (Å²) in [6, 6.07) is 0. The van der Waals surface area contributed by atoms with Crippen LogP contribution >= 0.6 is 0 Å². The lowest BCUT2D eigenvalue weighted by atomic mass is 9.81. The Bertz CT molecular complexity index is 319. The molecule has 0 aromatic carbocycles. The van der Waals surface area contributed by atoms with Crippen LogP contribution in [-0.4, -0.2) is 29.6 Å². The van der Waals surface area contributed by atoms with Crippen molar-refractivity contribution >= 4 is 5.97 Å². The van der Waals surface area contributed by atoms with Crippen molar-refractivity contribution in [1.82, 2.24) is 0 Å². The van der Waals surface area contributed by atoms with E-state index in [1.54, 1.807) is 6.08 Å². The van der Waals surface area contributed by atoms with E-state index in [-0.39, 0.29) is 5.97 Å². The van der Waals surface area contributed by atoms with Gasteiger partial charge in [-0.1, -0.05) is 6.08 Å². The first-order valence-electron chi connectivity index (χ1n) is 5.81. The molecule has 4 heteroatoms. The molecule has 17 heavy (non-hydrogen) atoms. The molecule has 1 rings (SSSR count). The van der Waals surface area contributed by atoms with E-state index in [4.69, 9.17) is 14.2 Å². The van der Waals surface area contributed by atoms with Crippen molar-refractivity contribution in [2.45, 2.75) is 58.0 Å². The molecule has 0 N–H and O–H groups in total. The van der Waals surface area contributed by atoms with Gasteiger partial charge in [0.2, 0.25) is 0 Å². The number of carbonyl (C=O) groups is 1. The Morgan fingerprint density at radius 3 is 2.47 bits per heavy atom. The summed E-state index contributed by atoms with van der Waals surface area (Å²) in [6.07, 6.45) is 2.32. The number of hydrogen-bond acceptors (Lipinski definition) is 4. The average Bonchev–Trinajstić information content (AvgIpc) is 2.13. The van der Waals surface area contributed by atoms with Crippen LogP contribution in [0.15, 0.2) is 12.7 Å². The summed E-state index contributed by atoms with van der Waals surface area (Å²) in [7, 11) is 0. The number of ether oxygens (including phenoxy) is 3. The second-order valence-electron chi connectivity index (χ2n) is 5.30. The highest BCUT2D eigenvalue weighted by Gasteiger charge is 2.52. The molecule has 0 amide bonds. The molecular weight excluding hydrogens is 220 g/mol. The predicted octanol–water partition coefficient (Wildman–Crippen LogP) is 2.43. The smallest absolute Gasteiger partial charge is 0.303 e. The summed E-state index contributed by atoms with van der Waals surface area (Å²) in [6.45, 7) is 13.1. The first-order valence-corrected chi connectivity index (χ1v) is 5.81. The second kappa shape index (κ2) is 4.42. The molecule has 0 spiro atoms. The molecular formula is C13H22O4. The summed E-state index contributed by atoms with van der Waals surface area (Å²) in [5.41, 5.74) is -1.50. The van der Waals surface area contributed by atoms with Gasteiger partial charge in [-0.3, -0.25) is 4.79 Å². The van der Waals surface area contributed by atoms with Gasteiger partial charge in [0, 0.05) is 13.3 Å². The van der Waals surface area contributed by atoms with Crippen LogP contribution in [0.2, 0.25) is 0 Å². The van der Waals surface area contributed by atoms with Gasteiger partial charge < -0.3 is 14.2 Å². The molecule has 1 heterocycles. The molecule has 0 aromatic rings. The topological polar surface area (TPSA) is 44.8 Å². The summed E-state index contributed by atoms with van der Waals surface area (Å²) >= 11 is 0. The van der Waals surface area contributed by atoms with E-state index in [1.165, 1.54) is 6.92 Å². The van der Waals surface area contributed by atoms with Gasteiger partial charge >= 0.3 is 5.97 Å². The standard InChI is InChI=1S/C13H22O4/c1-7-13(11(3,4)16-10(2)14)8-9-15-12(5,6)17-13/h7H,1,8-9H2,2-6H3. The Morgan fingerprint density at radius 1 is 1.47 bits per heavy atom. The van der Waals surface area contributed by atoms with Gasteiger partial charge in [0.25, 0.3) is 0 Å². The van der Waals surface area contributed by atoms with E-state index >= 15 is 0 Å². The zero-order valence-electron chi connectivity index (χ0n) is 11.3. The molecule has 98 valence electrons. The van der Waals surface area contributed by atoms with Crippen LogP contribution < -0.4 is 0 Å². The molecule has 1 unspecified atom stereocenters. The van der Waals surface area contributed by atoms with E-state index in [1.807, 2.05) is 27.7 Å². The molecule has 1 aliphatic heterocycles. The third-order valence-corrected chi connectivity index (χ3v) is 3.10. The zero-order valence-corrected chi connectivity index (χ0v) is 11.3. The maximum Gasteiger partial charge on any atom is 0.303 e. The lowest BCUT2D eigenvalue weighted by molar-refractivity contribution is -0.329. The van der Waals surface area contributed by atoms with E-state index in [0.717, 1.165) is 0 Å².